The summed E-state index contributed by atoms with van der Waals surface area (Å²) in [6.45, 7) is 5.31. The summed E-state index contributed by atoms with van der Waals surface area (Å²) in [5, 5.41) is 17.0. The quantitative estimate of drug-likeness (QED) is 0.376. The van der Waals surface area contributed by atoms with Gasteiger partial charge in [0.05, 0.1) is 6.04 Å². The number of aromatic nitrogens is 1. The van der Waals surface area contributed by atoms with E-state index < -0.39 is 30.2 Å². The molecule has 2 amide bonds. The van der Waals surface area contributed by atoms with E-state index in [1.807, 2.05) is 0 Å². The average molecular weight is 562 g/mol. The minimum atomic E-state index is -5.08. The summed E-state index contributed by atoms with van der Waals surface area (Å²) >= 11 is 0. The van der Waals surface area contributed by atoms with Crippen LogP contribution < -0.4 is 5.32 Å². The number of carboxylic acid groups (broad SMARTS) is 2. The predicted octanol–water partition coefficient (Wildman–Crippen LogP) is 2.16. The molecule has 10 nitrogen and oxygen atoms in total. The smallest absolute Gasteiger partial charge is 0.475 e. The molecule has 1 aromatic rings. The van der Waals surface area contributed by atoms with E-state index in [0.717, 1.165) is 6.42 Å². The molecule has 3 rings (SSSR count). The van der Waals surface area contributed by atoms with E-state index in [9.17, 15) is 40.3 Å². The van der Waals surface area contributed by atoms with Gasteiger partial charge in [0.25, 0.3) is 5.91 Å². The lowest BCUT2D eigenvalue weighted by atomic mass is 10.0. The highest BCUT2D eigenvalue weighted by Gasteiger charge is 2.50. The maximum Gasteiger partial charge on any atom is 0.490 e. The highest BCUT2D eigenvalue weighted by atomic mass is 19.4. The molecule has 3 atom stereocenters. The number of nitrogens with one attached hydrogen (secondary N) is 1. The summed E-state index contributed by atoms with van der Waals surface area (Å²) in [5.41, 5.74) is 0.321. The van der Waals surface area contributed by atoms with Gasteiger partial charge in [-0.25, -0.2) is 14.6 Å². The minimum absolute atomic E-state index is 0.0344. The van der Waals surface area contributed by atoms with Gasteiger partial charge < -0.3 is 20.4 Å². The van der Waals surface area contributed by atoms with Crippen LogP contribution in [0.3, 0.4) is 0 Å². The number of alkyl halides is 6. The van der Waals surface area contributed by atoms with E-state index in [1.54, 1.807) is 11.9 Å². The van der Waals surface area contributed by atoms with Crippen LogP contribution in [0, 0.1) is 11.9 Å². The molecule has 0 bridgehead atoms. The lowest BCUT2D eigenvalue weighted by Gasteiger charge is -2.33. The van der Waals surface area contributed by atoms with E-state index in [0.29, 0.717) is 18.7 Å². The fourth-order valence-electron chi connectivity index (χ4n) is 4.10. The molecule has 38 heavy (non-hydrogen) atoms. The number of hydrogen-bond acceptors (Lipinski definition) is 6. The van der Waals surface area contributed by atoms with E-state index in [-0.39, 0.29) is 35.9 Å². The highest BCUT2D eigenvalue weighted by molar-refractivity contribution is 5.94. The number of fused-ring (bicyclic) bond motifs is 1. The third kappa shape index (κ3) is 8.81. The van der Waals surface area contributed by atoms with Gasteiger partial charge in [0.15, 0.2) is 0 Å². The summed E-state index contributed by atoms with van der Waals surface area (Å²) in [6.07, 6.45) is -8.11. The number of likely N-dealkylation sites (tertiary alicyclic amines) is 2. The Kier molecular flexibility index (Phi) is 11.0. The molecule has 0 aromatic carbocycles. The fraction of sp³-hybridized carbons (Fsp3) is 0.571. The van der Waals surface area contributed by atoms with Crippen molar-refractivity contribution < 1.29 is 60.1 Å². The van der Waals surface area contributed by atoms with Crippen LogP contribution in [-0.2, 0) is 14.4 Å². The van der Waals surface area contributed by atoms with Gasteiger partial charge in [0.2, 0.25) is 11.9 Å². The molecule has 0 aliphatic carbocycles. The number of rotatable bonds is 3. The fourth-order valence-corrected chi connectivity index (χ4v) is 4.10. The predicted molar refractivity (Wildman–Crippen MR) is 114 cm³/mol. The number of carboxylic acids is 2. The number of carbonyl (C=O) groups is 4. The molecule has 3 N–H and O–H groups in total. The number of pyridine rings is 1. The minimum Gasteiger partial charge on any atom is -0.475 e. The van der Waals surface area contributed by atoms with E-state index in [1.165, 1.54) is 18.3 Å². The second-order valence-electron chi connectivity index (χ2n) is 8.42. The Balaban J connectivity index is 0.000000426. The Labute approximate surface area is 211 Å². The van der Waals surface area contributed by atoms with Gasteiger partial charge in [-0.2, -0.15) is 30.7 Å². The van der Waals surface area contributed by atoms with Crippen molar-refractivity contribution in [1.29, 1.82) is 0 Å². The number of hydrogen-bond donors (Lipinski definition) is 3. The van der Waals surface area contributed by atoms with Crippen LogP contribution in [0.25, 0.3) is 0 Å². The number of aliphatic carboxylic acids is 2. The van der Waals surface area contributed by atoms with Gasteiger partial charge in [-0.15, -0.1) is 0 Å². The van der Waals surface area contributed by atoms with E-state index in [4.69, 9.17) is 19.8 Å². The molecule has 0 unspecified atom stereocenters. The Hall–Kier alpha value is -3.50. The van der Waals surface area contributed by atoms with Crippen molar-refractivity contribution in [2.75, 3.05) is 20.1 Å². The van der Waals surface area contributed by atoms with Gasteiger partial charge in [-0.3, -0.25) is 14.5 Å². The van der Waals surface area contributed by atoms with Gasteiger partial charge >= 0.3 is 24.3 Å². The van der Waals surface area contributed by atoms with Gasteiger partial charge in [-0.05, 0) is 32.3 Å². The zero-order valence-corrected chi connectivity index (χ0v) is 20.2. The molecule has 0 radical (unpaired) electrons. The van der Waals surface area contributed by atoms with Crippen molar-refractivity contribution in [2.45, 2.75) is 50.7 Å². The number of likely N-dealkylation sites (N-methyl/N-ethyl adjacent to an activating group) is 1. The largest absolute Gasteiger partial charge is 0.490 e. The number of carbonyl (C=O) groups excluding carboxylic acids is 2. The molecule has 2 fully saturated rings. The first-order valence-electron chi connectivity index (χ1n) is 10.8. The molecule has 3 heterocycles. The first-order valence-corrected chi connectivity index (χ1v) is 10.8. The molecular formula is C21H25F7N4O6. The van der Waals surface area contributed by atoms with Crippen LogP contribution in [0.5, 0.6) is 0 Å². The van der Waals surface area contributed by atoms with Crippen molar-refractivity contribution >= 4 is 23.8 Å². The van der Waals surface area contributed by atoms with Crippen LogP contribution in [0.4, 0.5) is 30.7 Å². The van der Waals surface area contributed by atoms with Crippen molar-refractivity contribution in [3.8, 4) is 0 Å². The van der Waals surface area contributed by atoms with Crippen molar-refractivity contribution in [3.63, 3.8) is 0 Å². The highest BCUT2D eigenvalue weighted by Crippen LogP contribution is 2.37. The second-order valence-corrected chi connectivity index (χ2v) is 8.42. The van der Waals surface area contributed by atoms with E-state index in [2.05, 4.69) is 29.0 Å². The third-order valence-corrected chi connectivity index (χ3v) is 5.57. The lowest BCUT2D eigenvalue weighted by molar-refractivity contribution is -0.193. The Morgan fingerprint density at radius 3 is 1.92 bits per heavy atom. The standard InChI is InChI=1S/C17H23FN4O2.2C2HF3O2/c1-10(2)22-13(16(23)19-3)6-12-8-21(9-14(12)22)17(24)11-4-5-20-15(18)7-11;2*3-2(4,5)1(6)7/h4-5,7,10,12-14H,6,8-9H2,1-3H3,(H,19,23);2*(H,6,7)/t12-,13-,14+;;/m0../s1. The number of amides is 2. The summed E-state index contributed by atoms with van der Waals surface area (Å²) in [4.78, 5) is 50.0. The van der Waals surface area contributed by atoms with Gasteiger partial charge in [0.1, 0.15) is 0 Å². The first-order chi connectivity index (χ1) is 17.3. The molecule has 2 saturated heterocycles. The van der Waals surface area contributed by atoms with Crippen LogP contribution >= 0.6 is 0 Å². The SMILES string of the molecule is CNC(=O)[C@@H]1C[C@H]2CN(C(=O)c3ccnc(F)c3)C[C@H]2N1C(C)C.O=C(O)C(F)(F)F.O=C(O)C(F)(F)F. The first kappa shape index (κ1) is 32.5. The van der Waals surface area contributed by atoms with Crippen LogP contribution in [-0.4, -0.2) is 99.4 Å². The molecule has 0 saturated carbocycles. The Morgan fingerprint density at radius 2 is 1.53 bits per heavy atom. The zero-order chi connectivity index (χ0) is 29.6. The van der Waals surface area contributed by atoms with Crippen molar-refractivity contribution in [2.24, 2.45) is 5.92 Å². The molecule has 2 aliphatic rings. The summed E-state index contributed by atoms with van der Waals surface area (Å²) in [6, 6.07) is 2.95. The molecule has 214 valence electrons. The average Bonchev–Trinajstić information content (AvgIpc) is 3.35. The van der Waals surface area contributed by atoms with Gasteiger partial charge in [0, 0.05) is 50.0 Å². The molecule has 2 aliphatic heterocycles. The van der Waals surface area contributed by atoms with Crippen LogP contribution in [0.15, 0.2) is 18.3 Å². The van der Waals surface area contributed by atoms with Crippen LogP contribution in [0.1, 0.15) is 30.6 Å². The second kappa shape index (κ2) is 12.8. The summed E-state index contributed by atoms with van der Waals surface area (Å²) in [5.74, 6) is -6.04. The van der Waals surface area contributed by atoms with E-state index >= 15 is 0 Å². The maximum atomic E-state index is 13.3. The molecule has 1 aromatic heterocycles. The monoisotopic (exact) mass is 562 g/mol. The summed E-state index contributed by atoms with van der Waals surface area (Å²) in [7, 11) is 1.66. The molecule has 17 heteroatoms. The lowest BCUT2D eigenvalue weighted by Crippen LogP contribution is -2.50. The molecule has 0 spiro atoms. The van der Waals surface area contributed by atoms with Crippen LogP contribution in [0.2, 0.25) is 0 Å². The Morgan fingerprint density at radius 1 is 1.03 bits per heavy atom. The normalized spacial score (nSPS) is 21.0. The maximum absolute atomic E-state index is 13.3. The number of nitrogens with zero attached hydrogens (tertiary/aromatic N) is 3. The van der Waals surface area contributed by atoms with Gasteiger partial charge in [-0.1, -0.05) is 0 Å². The topological polar surface area (TPSA) is 140 Å². The molecular weight excluding hydrogens is 537 g/mol. The Bertz CT molecular complexity index is 995. The summed E-state index contributed by atoms with van der Waals surface area (Å²) < 4.78 is 76.7. The van der Waals surface area contributed by atoms with Crippen molar-refractivity contribution in [3.05, 3.63) is 29.8 Å². The third-order valence-electron chi connectivity index (χ3n) is 5.57. The zero-order valence-electron chi connectivity index (χ0n) is 20.2. The number of halogens is 7. The van der Waals surface area contributed by atoms with Crippen molar-refractivity contribution in [1.82, 2.24) is 20.1 Å².